The Hall–Kier alpha value is -3.09. The molecule has 0 aliphatic rings. The molecule has 0 N–H and O–H groups in total. The minimum absolute atomic E-state index is 0.00233. The summed E-state index contributed by atoms with van der Waals surface area (Å²) in [5.41, 5.74) is -2.12. The number of methoxy groups -OCH3 is 3. The van der Waals surface area contributed by atoms with Crippen LogP contribution in [0.15, 0.2) is 36.5 Å². The van der Waals surface area contributed by atoms with Gasteiger partial charge in [-0.15, -0.1) is 0 Å². The Bertz CT molecular complexity index is 1060. The maximum Gasteiger partial charge on any atom is 0.330 e. The molecule has 12 heteroatoms. The minimum atomic E-state index is -2.74. The third-order valence-corrected chi connectivity index (χ3v) is 5.91. The molecule has 0 saturated heterocycles. The highest BCUT2D eigenvalue weighted by atomic mass is 32.2. The van der Waals surface area contributed by atoms with Gasteiger partial charge in [0.15, 0.2) is 0 Å². The van der Waals surface area contributed by atoms with Gasteiger partial charge in [0.05, 0.1) is 19.9 Å². The fourth-order valence-corrected chi connectivity index (χ4v) is 3.85. The number of ether oxygens (including phenoxy) is 4. The smallest absolute Gasteiger partial charge is 0.330 e. The molecule has 2 aromatic rings. The second kappa shape index (κ2) is 12.7. The fraction of sp³-hybridized carbons (Fsp3) is 0.500. The number of nitrogens with zero attached hydrogens (tertiary/aromatic N) is 3. The normalized spacial score (nSPS) is 13.9. The lowest BCUT2D eigenvalue weighted by molar-refractivity contribution is -0.172. The lowest BCUT2D eigenvalue weighted by Crippen LogP contribution is -2.49. The molecule has 0 fully saturated rings. The predicted molar refractivity (Wildman–Crippen MR) is 131 cm³/mol. The molecule has 0 saturated carbocycles. The van der Waals surface area contributed by atoms with E-state index in [1.807, 2.05) is 12.1 Å². The van der Waals surface area contributed by atoms with Gasteiger partial charge in [-0.05, 0) is 51.0 Å². The predicted octanol–water partition coefficient (Wildman–Crippen LogP) is 2.12. The van der Waals surface area contributed by atoms with E-state index in [2.05, 4.69) is 9.97 Å². The first-order valence-corrected chi connectivity index (χ1v) is 12.2. The van der Waals surface area contributed by atoms with Crippen LogP contribution in [0, 0.1) is 0 Å². The molecule has 2 rings (SSSR count). The van der Waals surface area contributed by atoms with Crippen molar-refractivity contribution in [1.82, 2.24) is 9.97 Å². The molecule has 2 atom stereocenters. The molecular formula is C24H32N3O8S-. The zero-order valence-electron chi connectivity index (χ0n) is 21.3. The van der Waals surface area contributed by atoms with Crippen molar-refractivity contribution >= 4 is 29.2 Å². The molecule has 0 spiro atoms. The summed E-state index contributed by atoms with van der Waals surface area (Å²) in [5.74, 6) is -1.33. The van der Waals surface area contributed by atoms with Gasteiger partial charge in [0.2, 0.25) is 11.4 Å². The van der Waals surface area contributed by atoms with E-state index in [9.17, 15) is 18.4 Å². The quantitative estimate of drug-likeness (QED) is 0.231. The lowest BCUT2D eigenvalue weighted by Gasteiger charge is -2.32. The monoisotopic (exact) mass is 522 g/mol. The third kappa shape index (κ3) is 7.21. The van der Waals surface area contributed by atoms with Gasteiger partial charge >= 0.3 is 11.9 Å². The van der Waals surface area contributed by atoms with E-state index in [1.54, 1.807) is 40.0 Å². The van der Waals surface area contributed by atoms with Crippen molar-refractivity contribution in [2.45, 2.75) is 44.6 Å². The Morgan fingerprint density at radius 2 is 1.72 bits per heavy atom. The van der Waals surface area contributed by atoms with E-state index >= 15 is 0 Å². The fourth-order valence-electron chi connectivity index (χ4n) is 3.39. The van der Waals surface area contributed by atoms with E-state index < -0.39 is 34.2 Å². The highest BCUT2D eigenvalue weighted by Gasteiger charge is 2.52. The van der Waals surface area contributed by atoms with Gasteiger partial charge in [-0.1, -0.05) is 12.1 Å². The molecule has 36 heavy (non-hydrogen) atoms. The van der Waals surface area contributed by atoms with Crippen molar-refractivity contribution < 1.29 is 37.3 Å². The highest BCUT2D eigenvalue weighted by molar-refractivity contribution is 7.80. The first-order valence-electron chi connectivity index (χ1n) is 11.1. The molecule has 2 unspecified atom stereocenters. The van der Waals surface area contributed by atoms with Crippen molar-refractivity contribution in [3.63, 3.8) is 0 Å². The second-order valence-electron chi connectivity index (χ2n) is 8.80. The Morgan fingerprint density at radius 1 is 1.06 bits per heavy atom. The van der Waals surface area contributed by atoms with Crippen LogP contribution in [0.2, 0.25) is 0 Å². The highest BCUT2D eigenvalue weighted by Crippen LogP contribution is 2.33. The molecule has 0 radical (unpaired) electrons. The first-order chi connectivity index (χ1) is 17.0. The average Bonchev–Trinajstić information content (AvgIpc) is 2.83. The number of hydrogen-bond acceptors (Lipinski definition) is 10. The van der Waals surface area contributed by atoms with Gasteiger partial charge in [0.25, 0.3) is 0 Å². The van der Waals surface area contributed by atoms with Crippen molar-refractivity contribution in [1.29, 1.82) is 0 Å². The summed E-state index contributed by atoms with van der Waals surface area (Å²) >= 11 is -2.74. The number of rotatable bonds is 12. The van der Waals surface area contributed by atoms with Crippen LogP contribution in [0.1, 0.15) is 38.4 Å². The minimum Gasteiger partial charge on any atom is -0.755 e. The van der Waals surface area contributed by atoms with Crippen LogP contribution in [0.3, 0.4) is 0 Å². The van der Waals surface area contributed by atoms with Crippen LogP contribution < -0.4 is 9.04 Å². The Labute approximate surface area is 213 Å². The number of anilines is 1. The first kappa shape index (κ1) is 29.1. The maximum atomic E-state index is 13.4. The number of benzene rings is 1. The molecule has 0 amide bonds. The third-order valence-electron chi connectivity index (χ3n) is 5.21. The number of hydrogen-bond donors (Lipinski definition) is 0. The van der Waals surface area contributed by atoms with Crippen molar-refractivity contribution in [3.8, 4) is 5.75 Å². The molecule has 11 nitrogen and oxygen atoms in total. The van der Waals surface area contributed by atoms with E-state index in [0.29, 0.717) is 12.2 Å². The molecule has 0 aliphatic carbocycles. The second-order valence-corrected chi connectivity index (χ2v) is 9.68. The molecular weight excluding hydrogens is 490 g/mol. The summed E-state index contributed by atoms with van der Waals surface area (Å²) in [7, 11) is 4.12. The lowest BCUT2D eigenvalue weighted by atomic mass is 9.80. The molecule has 1 heterocycles. The zero-order chi connectivity index (χ0) is 26.9. The van der Waals surface area contributed by atoms with Gasteiger partial charge in [0.1, 0.15) is 11.4 Å². The van der Waals surface area contributed by atoms with E-state index in [1.165, 1.54) is 19.4 Å². The van der Waals surface area contributed by atoms with E-state index in [4.69, 9.17) is 18.9 Å². The summed E-state index contributed by atoms with van der Waals surface area (Å²) in [6.07, 6.45) is 1.48. The molecule has 0 aliphatic heterocycles. The van der Waals surface area contributed by atoms with Crippen molar-refractivity contribution in [2.24, 2.45) is 0 Å². The topological polar surface area (TPSA) is 140 Å². The van der Waals surface area contributed by atoms with Crippen LogP contribution in [-0.4, -0.2) is 70.8 Å². The van der Waals surface area contributed by atoms with Crippen LogP contribution in [0.5, 0.6) is 5.75 Å². The Morgan fingerprint density at radius 3 is 2.25 bits per heavy atom. The van der Waals surface area contributed by atoms with Crippen LogP contribution in [0.25, 0.3) is 0 Å². The van der Waals surface area contributed by atoms with Crippen molar-refractivity contribution in [3.05, 3.63) is 47.8 Å². The maximum absolute atomic E-state index is 13.4. The Kier molecular flexibility index (Phi) is 10.3. The van der Waals surface area contributed by atoms with Crippen LogP contribution in [0.4, 0.5) is 5.95 Å². The molecule has 0 bridgehead atoms. The van der Waals surface area contributed by atoms with Gasteiger partial charge < -0.3 is 23.5 Å². The summed E-state index contributed by atoms with van der Waals surface area (Å²) in [6, 6.07) is 8.53. The molecule has 1 aromatic heterocycles. The summed E-state index contributed by atoms with van der Waals surface area (Å²) < 4.78 is 45.9. The number of carbonyl (C=O) groups is 2. The largest absolute Gasteiger partial charge is 0.755 e. The molecule has 1 aromatic carbocycles. The van der Waals surface area contributed by atoms with Gasteiger partial charge in [0, 0.05) is 44.1 Å². The Balaban J connectivity index is 2.49. The summed E-state index contributed by atoms with van der Waals surface area (Å²) in [5, 5.41) is 0. The van der Waals surface area contributed by atoms with Crippen LogP contribution in [-0.2, 0) is 46.9 Å². The number of esters is 2. The van der Waals surface area contributed by atoms with Crippen LogP contribution >= 0.6 is 0 Å². The standard InChI is InChI=1S/C24H33N3O8S/c1-23(2,3)35-21(29)24(13-16-32-4,20(28)34-6)19-11-14-25-22(26-19)27(36(30)31)15-12-17-7-9-18(33-5)10-8-17/h7-11,14H,12-13,15-16H2,1-6H3,(H,30,31)/p-1. The number of aromatic nitrogens is 2. The zero-order valence-corrected chi connectivity index (χ0v) is 22.1. The van der Waals surface area contributed by atoms with Gasteiger partial charge in [-0.25, -0.2) is 9.97 Å². The van der Waals surface area contributed by atoms with Crippen molar-refractivity contribution in [2.75, 3.05) is 38.8 Å². The average molecular weight is 523 g/mol. The summed E-state index contributed by atoms with van der Waals surface area (Å²) in [4.78, 5) is 34.8. The van der Waals surface area contributed by atoms with Gasteiger partial charge in [-0.2, -0.15) is 0 Å². The van der Waals surface area contributed by atoms with E-state index in [-0.39, 0.29) is 31.2 Å². The van der Waals surface area contributed by atoms with Gasteiger partial charge in [-0.3, -0.25) is 18.1 Å². The van der Waals surface area contributed by atoms with E-state index in [0.717, 1.165) is 17.0 Å². The summed E-state index contributed by atoms with van der Waals surface area (Å²) in [6.45, 7) is 5.01. The molecule has 198 valence electrons. The SMILES string of the molecule is COCCC(C(=O)OC)(C(=O)OC(C)(C)C)c1ccnc(N(CCc2ccc(OC)cc2)S(=O)[O-])n1. The number of carbonyl (C=O) groups excluding carboxylic acids is 2.